The quantitative estimate of drug-likeness (QED) is 0.855. The van der Waals surface area contributed by atoms with Crippen LogP contribution >= 0.6 is 23.2 Å². The molecule has 2 rings (SSSR count). The van der Waals surface area contributed by atoms with E-state index < -0.39 is 0 Å². The van der Waals surface area contributed by atoms with Crippen molar-refractivity contribution < 1.29 is 4.79 Å². The molecule has 1 amide bonds. The Hall–Kier alpha value is -1.85. The number of amides is 1. The van der Waals surface area contributed by atoms with Crippen LogP contribution in [0.25, 0.3) is 0 Å². The van der Waals surface area contributed by atoms with Crippen molar-refractivity contribution >= 4 is 40.6 Å². The number of nitrogens with one attached hydrogen (secondary N) is 2. The standard InChI is InChI=1S/C15H16Cl2N4O/c1-3-9(2)20-14-7-13(18-8-19-14)15(22)21-12-5-4-10(16)6-11(12)17/h4-9H,3H2,1-2H3,(H,21,22)(H,18,19,20). The van der Waals surface area contributed by atoms with Crippen molar-refractivity contribution in [1.82, 2.24) is 9.97 Å². The van der Waals surface area contributed by atoms with Crippen LogP contribution in [-0.2, 0) is 0 Å². The van der Waals surface area contributed by atoms with Gasteiger partial charge in [0.15, 0.2) is 0 Å². The van der Waals surface area contributed by atoms with Gasteiger partial charge in [-0.15, -0.1) is 0 Å². The molecule has 0 aliphatic rings. The van der Waals surface area contributed by atoms with Crippen LogP contribution in [0.2, 0.25) is 10.0 Å². The number of benzene rings is 1. The second kappa shape index (κ2) is 7.42. The average molecular weight is 339 g/mol. The summed E-state index contributed by atoms with van der Waals surface area (Å²) in [6, 6.07) is 6.72. The van der Waals surface area contributed by atoms with E-state index in [2.05, 4.69) is 27.5 Å². The first-order valence-corrected chi connectivity index (χ1v) is 7.60. The first kappa shape index (κ1) is 16.5. The first-order chi connectivity index (χ1) is 10.5. The second-order valence-corrected chi connectivity index (χ2v) is 5.66. The van der Waals surface area contributed by atoms with E-state index in [4.69, 9.17) is 23.2 Å². The Labute approximate surface area is 139 Å². The van der Waals surface area contributed by atoms with E-state index in [0.29, 0.717) is 21.6 Å². The SMILES string of the molecule is CCC(C)Nc1cc(C(=O)Nc2ccc(Cl)cc2Cl)ncn1. The zero-order valence-electron chi connectivity index (χ0n) is 12.2. The van der Waals surface area contributed by atoms with Crippen molar-refractivity contribution in [2.75, 3.05) is 10.6 Å². The summed E-state index contributed by atoms with van der Waals surface area (Å²) in [7, 11) is 0. The van der Waals surface area contributed by atoms with Crippen molar-refractivity contribution in [3.63, 3.8) is 0 Å². The minimum atomic E-state index is -0.362. The molecule has 1 aromatic heterocycles. The minimum absolute atomic E-state index is 0.256. The van der Waals surface area contributed by atoms with Gasteiger partial charge < -0.3 is 10.6 Å². The van der Waals surface area contributed by atoms with Gasteiger partial charge in [0.2, 0.25) is 0 Å². The summed E-state index contributed by atoms with van der Waals surface area (Å²) in [5.74, 6) is 0.246. The van der Waals surface area contributed by atoms with Gasteiger partial charge >= 0.3 is 0 Å². The Morgan fingerprint density at radius 2 is 2.05 bits per heavy atom. The molecular formula is C15H16Cl2N4O. The molecule has 22 heavy (non-hydrogen) atoms. The molecule has 2 N–H and O–H groups in total. The number of hydrogen-bond donors (Lipinski definition) is 2. The van der Waals surface area contributed by atoms with Gasteiger partial charge in [0, 0.05) is 17.1 Å². The van der Waals surface area contributed by atoms with Gasteiger partial charge in [0.05, 0.1) is 10.7 Å². The number of rotatable bonds is 5. The molecule has 7 heteroatoms. The van der Waals surface area contributed by atoms with Crippen molar-refractivity contribution in [3.8, 4) is 0 Å². The summed E-state index contributed by atoms with van der Waals surface area (Å²) in [6.45, 7) is 4.10. The fraction of sp³-hybridized carbons (Fsp3) is 0.267. The number of aromatic nitrogens is 2. The largest absolute Gasteiger partial charge is 0.368 e. The lowest BCUT2D eigenvalue weighted by atomic mass is 10.2. The number of carbonyl (C=O) groups is 1. The monoisotopic (exact) mass is 338 g/mol. The molecule has 0 aliphatic carbocycles. The van der Waals surface area contributed by atoms with Crippen LogP contribution in [-0.4, -0.2) is 21.9 Å². The highest BCUT2D eigenvalue weighted by atomic mass is 35.5. The van der Waals surface area contributed by atoms with Gasteiger partial charge in [-0.2, -0.15) is 0 Å². The van der Waals surface area contributed by atoms with Gasteiger partial charge in [-0.25, -0.2) is 9.97 Å². The van der Waals surface area contributed by atoms with E-state index in [1.54, 1.807) is 24.3 Å². The summed E-state index contributed by atoms with van der Waals surface area (Å²) in [6.07, 6.45) is 2.30. The van der Waals surface area contributed by atoms with Crippen LogP contribution < -0.4 is 10.6 Å². The molecule has 0 bridgehead atoms. The van der Waals surface area contributed by atoms with Crippen molar-refractivity contribution in [3.05, 3.63) is 46.3 Å². The minimum Gasteiger partial charge on any atom is -0.368 e. The molecule has 0 saturated carbocycles. The lowest BCUT2D eigenvalue weighted by Gasteiger charge is -2.12. The summed E-state index contributed by atoms with van der Waals surface area (Å²) < 4.78 is 0. The van der Waals surface area contributed by atoms with E-state index in [-0.39, 0.29) is 17.6 Å². The van der Waals surface area contributed by atoms with Gasteiger partial charge in [-0.1, -0.05) is 30.1 Å². The van der Waals surface area contributed by atoms with E-state index in [9.17, 15) is 4.79 Å². The zero-order valence-corrected chi connectivity index (χ0v) is 13.7. The average Bonchev–Trinajstić information content (AvgIpc) is 2.50. The molecule has 116 valence electrons. The molecule has 1 heterocycles. The molecule has 0 fully saturated rings. The zero-order chi connectivity index (χ0) is 16.1. The van der Waals surface area contributed by atoms with Gasteiger partial charge in [-0.05, 0) is 31.5 Å². The smallest absolute Gasteiger partial charge is 0.274 e. The molecule has 1 atom stereocenters. The fourth-order valence-electron chi connectivity index (χ4n) is 1.69. The topological polar surface area (TPSA) is 66.9 Å². The predicted molar refractivity (Wildman–Crippen MR) is 89.8 cm³/mol. The van der Waals surface area contributed by atoms with Crippen LogP contribution in [0.15, 0.2) is 30.6 Å². The third kappa shape index (κ3) is 4.32. The van der Waals surface area contributed by atoms with Crippen LogP contribution in [0.5, 0.6) is 0 Å². The van der Waals surface area contributed by atoms with Crippen molar-refractivity contribution in [2.45, 2.75) is 26.3 Å². The van der Waals surface area contributed by atoms with Gasteiger partial charge in [0.1, 0.15) is 17.8 Å². The Kier molecular flexibility index (Phi) is 5.57. The molecule has 0 spiro atoms. The molecule has 0 radical (unpaired) electrons. The Morgan fingerprint density at radius 3 is 2.73 bits per heavy atom. The Balaban J connectivity index is 2.14. The van der Waals surface area contributed by atoms with E-state index in [1.807, 2.05) is 6.92 Å². The lowest BCUT2D eigenvalue weighted by molar-refractivity contribution is 0.102. The molecule has 1 unspecified atom stereocenters. The summed E-state index contributed by atoms with van der Waals surface area (Å²) in [4.78, 5) is 20.3. The van der Waals surface area contributed by atoms with E-state index in [0.717, 1.165) is 6.42 Å². The third-order valence-corrected chi connectivity index (χ3v) is 3.63. The predicted octanol–water partition coefficient (Wildman–Crippen LogP) is 4.25. The highest BCUT2D eigenvalue weighted by Gasteiger charge is 2.12. The summed E-state index contributed by atoms with van der Waals surface area (Å²) in [5, 5.41) is 6.77. The number of nitrogens with zero attached hydrogens (tertiary/aromatic N) is 2. The van der Waals surface area contributed by atoms with Crippen LogP contribution in [0.4, 0.5) is 11.5 Å². The molecular weight excluding hydrogens is 323 g/mol. The normalized spacial score (nSPS) is 11.8. The summed E-state index contributed by atoms with van der Waals surface area (Å²) in [5.41, 5.74) is 0.734. The van der Waals surface area contributed by atoms with Gasteiger partial charge in [-0.3, -0.25) is 4.79 Å². The summed E-state index contributed by atoms with van der Waals surface area (Å²) >= 11 is 11.9. The highest BCUT2D eigenvalue weighted by molar-refractivity contribution is 6.36. The molecule has 1 aromatic carbocycles. The van der Waals surface area contributed by atoms with Gasteiger partial charge in [0.25, 0.3) is 5.91 Å². The Morgan fingerprint density at radius 1 is 1.27 bits per heavy atom. The van der Waals surface area contributed by atoms with E-state index >= 15 is 0 Å². The molecule has 0 aliphatic heterocycles. The number of halogens is 2. The maximum Gasteiger partial charge on any atom is 0.274 e. The highest BCUT2D eigenvalue weighted by Crippen LogP contribution is 2.25. The lowest BCUT2D eigenvalue weighted by Crippen LogP contribution is -2.17. The Bertz CT molecular complexity index is 678. The number of anilines is 2. The molecule has 5 nitrogen and oxygen atoms in total. The van der Waals surface area contributed by atoms with Crippen molar-refractivity contribution in [2.24, 2.45) is 0 Å². The maximum absolute atomic E-state index is 12.2. The first-order valence-electron chi connectivity index (χ1n) is 6.84. The second-order valence-electron chi connectivity index (χ2n) is 4.82. The maximum atomic E-state index is 12.2. The third-order valence-electron chi connectivity index (χ3n) is 3.09. The van der Waals surface area contributed by atoms with Crippen molar-refractivity contribution in [1.29, 1.82) is 0 Å². The molecule has 2 aromatic rings. The van der Waals surface area contributed by atoms with Crippen LogP contribution in [0.1, 0.15) is 30.8 Å². The van der Waals surface area contributed by atoms with Crippen LogP contribution in [0.3, 0.4) is 0 Å². The number of hydrogen-bond acceptors (Lipinski definition) is 4. The van der Waals surface area contributed by atoms with E-state index in [1.165, 1.54) is 6.33 Å². The van der Waals surface area contributed by atoms with Crippen LogP contribution in [0, 0.1) is 0 Å². The number of carbonyl (C=O) groups excluding carboxylic acids is 1. The fourth-order valence-corrected chi connectivity index (χ4v) is 2.15. The molecule has 0 saturated heterocycles.